The Morgan fingerprint density at radius 3 is 2.50 bits per heavy atom. The van der Waals surface area contributed by atoms with Crippen molar-refractivity contribution in [3.63, 3.8) is 0 Å². The quantitative estimate of drug-likeness (QED) is 0.593. The van der Waals surface area contributed by atoms with Gasteiger partial charge in [0, 0.05) is 40.2 Å². The van der Waals surface area contributed by atoms with Crippen LogP contribution in [0.15, 0.2) is 4.99 Å². The summed E-state index contributed by atoms with van der Waals surface area (Å²) in [5, 5.41) is 6.14. The summed E-state index contributed by atoms with van der Waals surface area (Å²) < 4.78 is 0. The van der Waals surface area contributed by atoms with Crippen molar-refractivity contribution in [2.45, 2.75) is 39.5 Å². The van der Waals surface area contributed by atoms with E-state index in [4.69, 9.17) is 0 Å². The molecule has 0 aliphatic carbocycles. The lowest BCUT2D eigenvalue weighted by atomic mass is 9.93. The number of aliphatic imine (C=N–C) groups is 1. The predicted molar refractivity (Wildman–Crippen MR) is 83.8 cm³/mol. The molecule has 0 atom stereocenters. The molecule has 0 radical (unpaired) electrons. The minimum atomic E-state index is 0.155. The summed E-state index contributed by atoms with van der Waals surface area (Å²) in [6.45, 7) is 7.41. The van der Waals surface area contributed by atoms with E-state index in [0.29, 0.717) is 18.3 Å². The first-order chi connectivity index (χ1) is 9.56. The van der Waals surface area contributed by atoms with Crippen LogP contribution in [0.5, 0.6) is 0 Å². The molecule has 0 aromatic rings. The molecule has 0 aromatic heterocycles. The summed E-state index contributed by atoms with van der Waals surface area (Å²) in [6, 6.07) is 0. The van der Waals surface area contributed by atoms with Crippen LogP contribution < -0.4 is 10.6 Å². The lowest BCUT2D eigenvalue weighted by molar-refractivity contribution is -0.121. The van der Waals surface area contributed by atoms with Gasteiger partial charge in [0.05, 0.1) is 0 Å². The third-order valence-corrected chi connectivity index (χ3v) is 3.88. The average Bonchev–Trinajstić information content (AvgIpc) is 2.44. The maximum absolute atomic E-state index is 11.4. The predicted octanol–water partition coefficient (Wildman–Crippen LogP) is 1.46. The smallest absolute Gasteiger partial charge is 0.220 e. The van der Waals surface area contributed by atoms with E-state index in [1.165, 1.54) is 0 Å². The van der Waals surface area contributed by atoms with Crippen molar-refractivity contribution in [1.29, 1.82) is 0 Å². The molecule has 1 saturated heterocycles. The van der Waals surface area contributed by atoms with Crippen LogP contribution in [-0.2, 0) is 4.79 Å². The fraction of sp³-hybridized carbons (Fsp3) is 0.867. The molecule has 5 heteroatoms. The molecule has 0 unspecified atom stereocenters. The van der Waals surface area contributed by atoms with E-state index in [9.17, 15) is 4.79 Å². The Morgan fingerprint density at radius 2 is 2.00 bits per heavy atom. The fourth-order valence-corrected chi connectivity index (χ4v) is 2.52. The largest absolute Gasteiger partial charge is 0.359 e. The normalized spacial score (nSPS) is 17.4. The zero-order valence-electron chi connectivity index (χ0n) is 13.4. The standard InChI is InChI=1S/C15H30N4O/c1-12(2)5-8-18-15(17-4)19-9-6-13(7-10-19)11-14(20)16-3/h12-13H,5-11H2,1-4H3,(H,16,20)(H,17,18). The van der Waals surface area contributed by atoms with Gasteiger partial charge < -0.3 is 15.5 Å². The number of piperidine rings is 1. The van der Waals surface area contributed by atoms with E-state index in [1.54, 1.807) is 7.05 Å². The Labute approximate surface area is 123 Å². The van der Waals surface area contributed by atoms with Gasteiger partial charge in [-0.15, -0.1) is 0 Å². The molecule has 0 saturated carbocycles. The van der Waals surface area contributed by atoms with Crippen LogP contribution >= 0.6 is 0 Å². The van der Waals surface area contributed by atoms with E-state index in [2.05, 4.69) is 34.4 Å². The third kappa shape index (κ3) is 5.80. The van der Waals surface area contributed by atoms with Gasteiger partial charge in [0.25, 0.3) is 0 Å². The monoisotopic (exact) mass is 282 g/mol. The Balaban J connectivity index is 2.33. The lowest BCUT2D eigenvalue weighted by Gasteiger charge is -2.34. The Hall–Kier alpha value is -1.26. The van der Waals surface area contributed by atoms with Crippen LogP contribution in [0.2, 0.25) is 0 Å². The third-order valence-electron chi connectivity index (χ3n) is 3.88. The minimum absolute atomic E-state index is 0.155. The highest BCUT2D eigenvalue weighted by atomic mass is 16.1. The first-order valence-corrected chi connectivity index (χ1v) is 7.73. The number of guanidine groups is 1. The van der Waals surface area contributed by atoms with Crippen molar-refractivity contribution in [3.05, 3.63) is 0 Å². The van der Waals surface area contributed by atoms with Crippen molar-refractivity contribution in [3.8, 4) is 0 Å². The molecule has 0 bridgehead atoms. The molecule has 0 aromatic carbocycles. The molecular formula is C15H30N4O. The van der Waals surface area contributed by atoms with Gasteiger partial charge in [-0.25, -0.2) is 0 Å². The van der Waals surface area contributed by atoms with Crippen LogP contribution in [0.4, 0.5) is 0 Å². The molecule has 1 amide bonds. The van der Waals surface area contributed by atoms with Gasteiger partial charge in [-0.3, -0.25) is 9.79 Å². The number of nitrogens with one attached hydrogen (secondary N) is 2. The lowest BCUT2D eigenvalue weighted by Crippen LogP contribution is -2.46. The Bertz CT molecular complexity index is 320. The SMILES string of the molecule is CN=C(NCCC(C)C)N1CCC(CC(=O)NC)CC1. The van der Waals surface area contributed by atoms with Gasteiger partial charge in [0.2, 0.25) is 5.91 Å². The summed E-state index contributed by atoms with van der Waals surface area (Å²) in [5.74, 6) is 2.38. The molecule has 1 heterocycles. The zero-order chi connectivity index (χ0) is 15.0. The minimum Gasteiger partial charge on any atom is -0.359 e. The number of amides is 1. The second kappa shape index (κ2) is 8.82. The maximum Gasteiger partial charge on any atom is 0.220 e. The van der Waals surface area contributed by atoms with E-state index in [1.807, 2.05) is 7.05 Å². The van der Waals surface area contributed by atoms with Gasteiger partial charge in [-0.1, -0.05) is 13.8 Å². The summed E-state index contributed by atoms with van der Waals surface area (Å²) in [7, 11) is 3.55. The summed E-state index contributed by atoms with van der Waals surface area (Å²) in [6.07, 6.45) is 3.95. The number of nitrogens with zero attached hydrogens (tertiary/aromatic N) is 2. The molecule has 1 fully saturated rings. The summed E-state index contributed by atoms with van der Waals surface area (Å²) in [4.78, 5) is 18.1. The molecule has 1 aliphatic heterocycles. The molecule has 1 rings (SSSR count). The van der Waals surface area contributed by atoms with Crippen molar-refractivity contribution in [2.75, 3.05) is 33.7 Å². The summed E-state index contributed by atoms with van der Waals surface area (Å²) >= 11 is 0. The molecule has 1 aliphatic rings. The molecule has 5 nitrogen and oxygen atoms in total. The number of hydrogen-bond donors (Lipinski definition) is 2. The number of rotatable bonds is 5. The number of carbonyl (C=O) groups is 1. The molecule has 2 N–H and O–H groups in total. The molecular weight excluding hydrogens is 252 g/mol. The number of hydrogen-bond acceptors (Lipinski definition) is 2. The van der Waals surface area contributed by atoms with E-state index >= 15 is 0 Å². The fourth-order valence-electron chi connectivity index (χ4n) is 2.52. The first kappa shape index (κ1) is 16.8. The second-order valence-electron chi connectivity index (χ2n) is 5.96. The van der Waals surface area contributed by atoms with E-state index in [0.717, 1.165) is 44.9 Å². The summed E-state index contributed by atoms with van der Waals surface area (Å²) in [5.41, 5.74) is 0. The van der Waals surface area contributed by atoms with Gasteiger partial charge in [-0.05, 0) is 31.1 Å². The van der Waals surface area contributed by atoms with Crippen molar-refractivity contribution in [1.82, 2.24) is 15.5 Å². The van der Waals surface area contributed by atoms with Gasteiger partial charge >= 0.3 is 0 Å². The molecule has 116 valence electrons. The van der Waals surface area contributed by atoms with Crippen LogP contribution in [0, 0.1) is 11.8 Å². The van der Waals surface area contributed by atoms with Crippen molar-refractivity contribution >= 4 is 11.9 Å². The topological polar surface area (TPSA) is 56.7 Å². The van der Waals surface area contributed by atoms with Crippen LogP contribution in [0.3, 0.4) is 0 Å². The highest BCUT2D eigenvalue weighted by molar-refractivity contribution is 5.80. The number of carbonyl (C=O) groups excluding carboxylic acids is 1. The van der Waals surface area contributed by atoms with Crippen molar-refractivity contribution in [2.24, 2.45) is 16.8 Å². The van der Waals surface area contributed by atoms with E-state index in [-0.39, 0.29) is 5.91 Å². The Kier molecular flexibility index (Phi) is 7.41. The van der Waals surface area contributed by atoms with E-state index < -0.39 is 0 Å². The average molecular weight is 282 g/mol. The highest BCUT2D eigenvalue weighted by Crippen LogP contribution is 2.20. The second-order valence-corrected chi connectivity index (χ2v) is 5.96. The van der Waals surface area contributed by atoms with Crippen LogP contribution in [0.25, 0.3) is 0 Å². The molecule has 20 heavy (non-hydrogen) atoms. The van der Waals surface area contributed by atoms with Crippen LogP contribution in [-0.4, -0.2) is 50.5 Å². The van der Waals surface area contributed by atoms with Gasteiger partial charge in [0.1, 0.15) is 0 Å². The zero-order valence-corrected chi connectivity index (χ0v) is 13.4. The molecule has 0 spiro atoms. The number of likely N-dealkylation sites (tertiary alicyclic amines) is 1. The first-order valence-electron chi connectivity index (χ1n) is 7.73. The van der Waals surface area contributed by atoms with Gasteiger partial charge in [-0.2, -0.15) is 0 Å². The van der Waals surface area contributed by atoms with Crippen LogP contribution in [0.1, 0.15) is 39.5 Å². The van der Waals surface area contributed by atoms with Gasteiger partial charge in [0.15, 0.2) is 5.96 Å². The van der Waals surface area contributed by atoms with Crippen molar-refractivity contribution < 1.29 is 4.79 Å². The maximum atomic E-state index is 11.4. The highest BCUT2D eigenvalue weighted by Gasteiger charge is 2.22. The Morgan fingerprint density at radius 1 is 1.35 bits per heavy atom.